The molecule has 0 spiro atoms. The first kappa shape index (κ1) is 12.7. The summed E-state index contributed by atoms with van der Waals surface area (Å²) in [6, 6.07) is 0.162. The van der Waals surface area contributed by atoms with E-state index in [4.69, 9.17) is 0 Å². The first-order valence-electron chi connectivity index (χ1n) is 4.63. The molecule has 0 saturated carbocycles. The molecule has 0 bridgehead atoms. The lowest BCUT2D eigenvalue weighted by molar-refractivity contribution is -0.119. The van der Waals surface area contributed by atoms with Gasteiger partial charge in [-0.2, -0.15) is 0 Å². The Morgan fingerprint density at radius 1 is 1.62 bits per heavy atom. The van der Waals surface area contributed by atoms with Gasteiger partial charge in [0.25, 0.3) is 0 Å². The molecule has 13 heavy (non-hydrogen) atoms. The van der Waals surface area contributed by atoms with Crippen molar-refractivity contribution in [3.8, 4) is 0 Å². The summed E-state index contributed by atoms with van der Waals surface area (Å²) in [5.74, 6) is 0.0316. The van der Waals surface area contributed by atoms with E-state index in [1.807, 2.05) is 6.92 Å². The smallest absolute Gasteiger partial charge is 0.217 e. The van der Waals surface area contributed by atoms with Crippen LogP contribution in [-0.4, -0.2) is 17.3 Å². The molecule has 0 fully saturated rings. The van der Waals surface area contributed by atoms with Crippen molar-refractivity contribution in [2.45, 2.75) is 39.7 Å². The second kappa shape index (κ2) is 7.13. The Labute approximate surface area is 88.9 Å². The minimum absolute atomic E-state index is 0.0316. The van der Waals surface area contributed by atoms with E-state index in [1.54, 1.807) is 6.92 Å². The van der Waals surface area contributed by atoms with Crippen molar-refractivity contribution < 1.29 is 4.79 Å². The molecule has 0 rings (SSSR count). The van der Waals surface area contributed by atoms with E-state index in [-0.39, 0.29) is 11.9 Å². The van der Waals surface area contributed by atoms with E-state index in [9.17, 15) is 4.79 Å². The van der Waals surface area contributed by atoms with Gasteiger partial charge in [-0.15, -0.1) is 0 Å². The van der Waals surface area contributed by atoms with Crippen molar-refractivity contribution in [1.29, 1.82) is 0 Å². The summed E-state index contributed by atoms with van der Waals surface area (Å²) < 4.78 is 0. The molecule has 0 radical (unpaired) electrons. The molecule has 1 unspecified atom stereocenters. The monoisotopic (exact) mass is 247 g/mol. The Kier molecular flexibility index (Phi) is 6.96. The molecule has 3 heteroatoms. The first-order chi connectivity index (χ1) is 6.11. The number of rotatable bonds is 5. The summed E-state index contributed by atoms with van der Waals surface area (Å²) in [4.78, 5) is 10.8. The Hall–Kier alpha value is -0.310. The summed E-state index contributed by atoms with van der Waals surface area (Å²) >= 11 is 3.40. The molecular weight excluding hydrogens is 230 g/mol. The van der Waals surface area contributed by atoms with Crippen LogP contribution in [0.5, 0.6) is 0 Å². The number of alkyl halides is 1. The van der Waals surface area contributed by atoms with Crippen LogP contribution in [0.4, 0.5) is 0 Å². The number of amides is 1. The number of hydrogen-bond donors (Lipinski definition) is 1. The van der Waals surface area contributed by atoms with Crippen LogP contribution >= 0.6 is 15.9 Å². The fourth-order valence-corrected chi connectivity index (χ4v) is 1.72. The molecule has 0 aromatic rings. The van der Waals surface area contributed by atoms with Gasteiger partial charge in [-0.25, -0.2) is 0 Å². The predicted octanol–water partition coefficient (Wildman–Crippen LogP) is 2.63. The predicted molar refractivity (Wildman–Crippen MR) is 60.1 cm³/mol. The number of halogens is 1. The quantitative estimate of drug-likeness (QED) is 0.588. The lowest BCUT2D eigenvalue weighted by Crippen LogP contribution is -2.32. The topological polar surface area (TPSA) is 29.1 Å². The third-order valence-electron chi connectivity index (χ3n) is 1.83. The van der Waals surface area contributed by atoms with E-state index in [2.05, 4.69) is 34.2 Å². The van der Waals surface area contributed by atoms with Crippen molar-refractivity contribution >= 4 is 21.8 Å². The molecule has 76 valence electrons. The highest BCUT2D eigenvalue weighted by Gasteiger charge is 2.07. The lowest BCUT2D eigenvalue weighted by atomic mass is 10.1. The number of nitrogens with one attached hydrogen (secondary N) is 1. The highest BCUT2D eigenvalue weighted by molar-refractivity contribution is 9.09. The molecule has 0 aromatic heterocycles. The van der Waals surface area contributed by atoms with Crippen molar-refractivity contribution in [2.75, 3.05) is 5.33 Å². The van der Waals surface area contributed by atoms with Gasteiger partial charge in [-0.3, -0.25) is 4.79 Å². The molecule has 0 heterocycles. The van der Waals surface area contributed by atoms with Gasteiger partial charge in [0, 0.05) is 18.3 Å². The minimum atomic E-state index is 0.0316. The van der Waals surface area contributed by atoms with Gasteiger partial charge < -0.3 is 5.32 Å². The average molecular weight is 248 g/mol. The van der Waals surface area contributed by atoms with Crippen LogP contribution in [0.1, 0.15) is 33.6 Å². The molecule has 0 aliphatic rings. The largest absolute Gasteiger partial charge is 0.350 e. The highest BCUT2D eigenvalue weighted by Crippen LogP contribution is 2.10. The number of carbonyl (C=O) groups is 1. The zero-order chi connectivity index (χ0) is 10.3. The van der Waals surface area contributed by atoms with Crippen LogP contribution < -0.4 is 5.32 Å². The van der Waals surface area contributed by atoms with E-state index in [0.717, 1.165) is 18.2 Å². The average Bonchev–Trinajstić information content (AvgIpc) is 2.02. The SMILES string of the molecule is CC/C=C(\CCBr)C(C)NC(C)=O. The van der Waals surface area contributed by atoms with Crippen molar-refractivity contribution in [3.05, 3.63) is 11.6 Å². The van der Waals surface area contributed by atoms with Gasteiger partial charge in [-0.1, -0.05) is 34.5 Å². The second-order valence-electron chi connectivity index (χ2n) is 3.05. The molecule has 1 N–H and O–H groups in total. The van der Waals surface area contributed by atoms with Gasteiger partial charge in [0.05, 0.1) is 0 Å². The number of hydrogen-bond acceptors (Lipinski definition) is 1. The normalized spacial score (nSPS) is 14.0. The van der Waals surface area contributed by atoms with E-state index >= 15 is 0 Å². The molecule has 0 aliphatic heterocycles. The Morgan fingerprint density at radius 2 is 2.23 bits per heavy atom. The molecule has 0 aromatic carbocycles. The minimum Gasteiger partial charge on any atom is -0.350 e. The van der Waals surface area contributed by atoms with Crippen LogP contribution in [0.3, 0.4) is 0 Å². The zero-order valence-electron chi connectivity index (χ0n) is 8.56. The van der Waals surface area contributed by atoms with Crippen molar-refractivity contribution in [3.63, 3.8) is 0 Å². The first-order valence-corrected chi connectivity index (χ1v) is 5.76. The summed E-state index contributed by atoms with van der Waals surface area (Å²) in [7, 11) is 0. The lowest BCUT2D eigenvalue weighted by Gasteiger charge is -2.16. The van der Waals surface area contributed by atoms with E-state index in [1.165, 1.54) is 5.57 Å². The Bertz CT molecular complexity index is 189. The fraction of sp³-hybridized carbons (Fsp3) is 0.700. The third kappa shape index (κ3) is 5.86. The Morgan fingerprint density at radius 3 is 2.62 bits per heavy atom. The van der Waals surface area contributed by atoms with Crippen molar-refractivity contribution in [1.82, 2.24) is 5.32 Å². The van der Waals surface area contributed by atoms with E-state index in [0.29, 0.717) is 0 Å². The number of allylic oxidation sites excluding steroid dienone is 1. The van der Waals surface area contributed by atoms with Crippen molar-refractivity contribution in [2.24, 2.45) is 0 Å². The van der Waals surface area contributed by atoms with Gasteiger partial charge in [0.2, 0.25) is 5.91 Å². The second-order valence-corrected chi connectivity index (χ2v) is 3.84. The van der Waals surface area contributed by atoms with Gasteiger partial charge in [0.15, 0.2) is 0 Å². The molecule has 1 atom stereocenters. The summed E-state index contributed by atoms with van der Waals surface area (Å²) in [6.45, 7) is 5.68. The number of carbonyl (C=O) groups excluding carboxylic acids is 1. The van der Waals surface area contributed by atoms with Crippen LogP contribution in [0.2, 0.25) is 0 Å². The molecule has 1 amide bonds. The van der Waals surface area contributed by atoms with Gasteiger partial charge in [0.1, 0.15) is 0 Å². The standard InChI is InChI=1S/C10H18BrNO/c1-4-5-10(6-7-11)8(2)12-9(3)13/h5,8H,4,6-7H2,1-3H3,(H,12,13)/b10-5+. The molecule has 0 aliphatic carbocycles. The molecule has 2 nitrogen and oxygen atoms in total. The fourth-order valence-electron chi connectivity index (χ4n) is 1.26. The summed E-state index contributed by atoms with van der Waals surface area (Å²) in [6.07, 6.45) is 4.20. The van der Waals surface area contributed by atoms with Crippen LogP contribution in [0, 0.1) is 0 Å². The Balaban J connectivity index is 4.19. The van der Waals surface area contributed by atoms with Crippen LogP contribution in [0.15, 0.2) is 11.6 Å². The maximum atomic E-state index is 10.8. The maximum absolute atomic E-state index is 10.8. The summed E-state index contributed by atoms with van der Waals surface area (Å²) in [5, 5.41) is 3.83. The zero-order valence-corrected chi connectivity index (χ0v) is 10.1. The highest BCUT2D eigenvalue weighted by atomic mass is 79.9. The van der Waals surface area contributed by atoms with Gasteiger partial charge in [-0.05, 0) is 19.8 Å². The molecule has 0 saturated heterocycles. The van der Waals surface area contributed by atoms with Crippen LogP contribution in [-0.2, 0) is 4.79 Å². The maximum Gasteiger partial charge on any atom is 0.217 e. The van der Waals surface area contributed by atoms with Crippen LogP contribution in [0.25, 0.3) is 0 Å². The van der Waals surface area contributed by atoms with E-state index < -0.39 is 0 Å². The molecular formula is C10H18BrNO. The van der Waals surface area contributed by atoms with Gasteiger partial charge >= 0.3 is 0 Å². The summed E-state index contributed by atoms with van der Waals surface area (Å²) in [5.41, 5.74) is 1.30. The third-order valence-corrected chi connectivity index (χ3v) is 2.22.